The van der Waals surface area contributed by atoms with Gasteiger partial charge in [0.05, 0.1) is 0 Å². The summed E-state index contributed by atoms with van der Waals surface area (Å²) < 4.78 is 0. The number of hydrogen-bond acceptors (Lipinski definition) is 2. The van der Waals surface area contributed by atoms with Gasteiger partial charge in [-0.3, -0.25) is 4.79 Å². The van der Waals surface area contributed by atoms with Gasteiger partial charge in [-0.1, -0.05) is 0 Å². The fourth-order valence-electron chi connectivity index (χ4n) is 2.24. The van der Waals surface area contributed by atoms with Crippen LogP contribution in [-0.4, -0.2) is 42.1 Å². The van der Waals surface area contributed by atoms with Crippen LogP contribution in [0.15, 0.2) is 0 Å². The van der Waals surface area contributed by atoms with Crippen molar-refractivity contribution in [3.8, 4) is 0 Å². The van der Waals surface area contributed by atoms with Crippen molar-refractivity contribution >= 4 is 12.0 Å². The van der Waals surface area contributed by atoms with E-state index < -0.39 is 6.09 Å². The Hall–Kier alpha value is -1.26. The van der Waals surface area contributed by atoms with Gasteiger partial charge >= 0.3 is 6.09 Å². The average Bonchev–Trinajstić information content (AvgIpc) is 2.58. The Morgan fingerprint density at radius 1 is 1.38 bits per heavy atom. The molecule has 0 aromatic carbocycles. The number of carbonyl (C=O) groups excluding carboxylic acids is 1. The number of piperidine rings is 1. The van der Waals surface area contributed by atoms with Crippen LogP contribution in [0, 0.1) is 17.8 Å². The largest absolute Gasteiger partial charge is 0.465 e. The van der Waals surface area contributed by atoms with Gasteiger partial charge in [-0.2, -0.15) is 0 Å². The lowest BCUT2D eigenvalue weighted by atomic mass is 10.2. The highest BCUT2D eigenvalue weighted by molar-refractivity contribution is 5.82. The molecule has 3 atom stereocenters. The normalized spacial score (nSPS) is 35.5. The topological polar surface area (TPSA) is 69.6 Å². The number of carboxylic acid groups (broad SMARTS) is 1. The Morgan fingerprint density at radius 3 is 2.31 bits per heavy atom. The van der Waals surface area contributed by atoms with E-state index in [4.69, 9.17) is 5.11 Å². The standard InChI is InChI=1S/C8H12N2O3/c1-9-7(11)6-4-2-10(8(12)13)3-5(4)6/h4-6H,2-3H2,1H3,(H,9,11)(H,12,13)/t4-,5+,6+. The maximum Gasteiger partial charge on any atom is 0.407 e. The summed E-state index contributed by atoms with van der Waals surface area (Å²) in [5, 5.41) is 11.3. The maximum atomic E-state index is 11.2. The van der Waals surface area contributed by atoms with Crippen LogP contribution in [0.4, 0.5) is 4.79 Å². The number of fused-ring (bicyclic) bond motifs is 1. The molecule has 2 amide bonds. The van der Waals surface area contributed by atoms with Gasteiger partial charge < -0.3 is 15.3 Å². The summed E-state index contributed by atoms with van der Waals surface area (Å²) in [6.45, 7) is 1.05. The molecular weight excluding hydrogens is 172 g/mol. The van der Waals surface area contributed by atoms with Crippen molar-refractivity contribution in [1.29, 1.82) is 0 Å². The lowest BCUT2D eigenvalue weighted by Crippen LogP contribution is -2.33. The van der Waals surface area contributed by atoms with Gasteiger partial charge in [0.1, 0.15) is 0 Å². The molecule has 1 aliphatic heterocycles. The fourth-order valence-corrected chi connectivity index (χ4v) is 2.24. The van der Waals surface area contributed by atoms with Crippen molar-refractivity contribution in [2.75, 3.05) is 20.1 Å². The van der Waals surface area contributed by atoms with E-state index in [1.54, 1.807) is 7.05 Å². The van der Waals surface area contributed by atoms with Gasteiger partial charge in [0.2, 0.25) is 5.91 Å². The molecule has 0 radical (unpaired) electrons. The zero-order valence-corrected chi connectivity index (χ0v) is 7.36. The van der Waals surface area contributed by atoms with Crippen molar-refractivity contribution < 1.29 is 14.7 Å². The smallest absolute Gasteiger partial charge is 0.407 e. The zero-order valence-electron chi connectivity index (χ0n) is 7.36. The number of nitrogens with zero attached hydrogens (tertiary/aromatic N) is 1. The first-order valence-electron chi connectivity index (χ1n) is 4.34. The predicted molar refractivity (Wildman–Crippen MR) is 44.1 cm³/mol. The highest BCUT2D eigenvalue weighted by Gasteiger charge is 2.60. The van der Waals surface area contributed by atoms with Crippen molar-refractivity contribution in [2.24, 2.45) is 17.8 Å². The van der Waals surface area contributed by atoms with Crippen LogP contribution in [0.25, 0.3) is 0 Å². The Morgan fingerprint density at radius 2 is 1.92 bits per heavy atom. The summed E-state index contributed by atoms with van der Waals surface area (Å²) >= 11 is 0. The van der Waals surface area contributed by atoms with Gasteiger partial charge in [-0.25, -0.2) is 4.79 Å². The van der Waals surface area contributed by atoms with Crippen LogP contribution in [-0.2, 0) is 4.79 Å². The molecule has 2 aliphatic rings. The molecule has 2 N–H and O–H groups in total. The van der Waals surface area contributed by atoms with E-state index in [9.17, 15) is 9.59 Å². The molecule has 5 heteroatoms. The van der Waals surface area contributed by atoms with E-state index in [0.717, 1.165) is 0 Å². The molecule has 2 rings (SSSR count). The Labute approximate surface area is 75.7 Å². The maximum absolute atomic E-state index is 11.2. The highest BCUT2D eigenvalue weighted by Crippen LogP contribution is 2.51. The third-order valence-corrected chi connectivity index (χ3v) is 3.01. The summed E-state index contributed by atoms with van der Waals surface area (Å²) in [6, 6.07) is 0. The van der Waals surface area contributed by atoms with Crippen molar-refractivity contribution in [1.82, 2.24) is 10.2 Å². The van der Waals surface area contributed by atoms with Gasteiger partial charge in [-0.05, 0) is 11.8 Å². The number of hydrogen-bond donors (Lipinski definition) is 2. The molecule has 1 saturated heterocycles. The molecule has 0 bridgehead atoms. The first-order valence-corrected chi connectivity index (χ1v) is 4.34. The summed E-state index contributed by atoms with van der Waals surface area (Å²) in [5.41, 5.74) is 0. The van der Waals surface area contributed by atoms with Crippen molar-refractivity contribution in [3.63, 3.8) is 0 Å². The van der Waals surface area contributed by atoms with Crippen LogP contribution in [0.5, 0.6) is 0 Å². The lowest BCUT2D eigenvalue weighted by Gasteiger charge is -2.14. The minimum Gasteiger partial charge on any atom is -0.465 e. The molecule has 13 heavy (non-hydrogen) atoms. The zero-order chi connectivity index (χ0) is 9.59. The summed E-state index contributed by atoms with van der Waals surface area (Å²) in [7, 11) is 1.62. The number of carbonyl (C=O) groups is 2. The molecule has 1 saturated carbocycles. The highest BCUT2D eigenvalue weighted by atomic mass is 16.4. The van der Waals surface area contributed by atoms with Gasteiger partial charge in [0, 0.05) is 26.1 Å². The monoisotopic (exact) mass is 184 g/mol. The molecule has 0 unspecified atom stereocenters. The van der Waals surface area contributed by atoms with Gasteiger partial charge in [-0.15, -0.1) is 0 Å². The number of likely N-dealkylation sites (tertiary alicyclic amines) is 1. The first-order chi connectivity index (χ1) is 6.15. The van der Waals surface area contributed by atoms with E-state index in [0.29, 0.717) is 13.1 Å². The minimum absolute atomic E-state index is 0.0556. The minimum atomic E-state index is -0.872. The van der Waals surface area contributed by atoms with Crippen molar-refractivity contribution in [2.45, 2.75) is 0 Å². The third-order valence-electron chi connectivity index (χ3n) is 3.01. The molecule has 1 aliphatic carbocycles. The molecule has 72 valence electrons. The molecular formula is C8H12N2O3. The SMILES string of the molecule is CNC(=O)[C@H]1[C@@H]2CN(C(=O)O)C[C@@H]21. The molecule has 0 aromatic rings. The summed E-state index contributed by atoms with van der Waals surface area (Å²) in [4.78, 5) is 23.1. The van der Waals surface area contributed by atoms with E-state index in [1.807, 2.05) is 0 Å². The van der Waals surface area contributed by atoms with E-state index in [1.165, 1.54) is 4.90 Å². The fraction of sp³-hybridized carbons (Fsp3) is 0.750. The van der Waals surface area contributed by atoms with Crippen LogP contribution < -0.4 is 5.32 Å². The number of rotatable bonds is 1. The van der Waals surface area contributed by atoms with Crippen LogP contribution in [0.3, 0.4) is 0 Å². The van der Waals surface area contributed by atoms with Crippen molar-refractivity contribution in [3.05, 3.63) is 0 Å². The van der Waals surface area contributed by atoms with Crippen LogP contribution in [0.1, 0.15) is 0 Å². The second-order valence-electron chi connectivity index (χ2n) is 3.66. The Balaban J connectivity index is 1.90. The quantitative estimate of drug-likeness (QED) is 0.582. The van der Waals surface area contributed by atoms with E-state index in [2.05, 4.69) is 5.32 Å². The molecule has 2 fully saturated rings. The Bertz CT molecular complexity index is 254. The summed E-state index contributed by atoms with van der Waals surface area (Å²) in [5.74, 6) is 0.674. The predicted octanol–water partition coefficient (Wildman–Crippen LogP) is -0.412. The molecule has 0 spiro atoms. The second kappa shape index (κ2) is 2.61. The third kappa shape index (κ3) is 1.15. The number of amides is 2. The molecule has 0 aromatic heterocycles. The van der Waals surface area contributed by atoms with Crippen LogP contribution in [0.2, 0.25) is 0 Å². The Kier molecular flexibility index (Phi) is 1.68. The van der Waals surface area contributed by atoms with E-state index in [-0.39, 0.29) is 23.7 Å². The average molecular weight is 184 g/mol. The number of nitrogens with one attached hydrogen (secondary N) is 1. The molecule has 1 heterocycles. The van der Waals surface area contributed by atoms with E-state index >= 15 is 0 Å². The van der Waals surface area contributed by atoms with Gasteiger partial charge in [0.25, 0.3) is 0 Å². The lowest BCUT2D eigenvalue weighted by molar-refractivity contribution is -0.122. The molecule has 5 nitrogen and oxygen atoms in total. The first kappa shape index (κ1) is 8.34. The van der Waals surface area contributed by atoms with Crippen LogP contribution >= 0.6 is 0 Å². The van der Waals surface area contributed by atoms with Gasteiger partial charge in [0.15, 0.2) is 0 Å². The summed E-state index contributed by atoms with van der Waals surface area (Å²) in [6.07, 6.45) is -0.872. The second-order valence-corrected chi connectivity index (χ2v) is 3.66.